The summed E-state index contributed by atoms with van der Waals surface area (Å²) in [7, 11) is 0. The summed E-state index contributed by atoms with van der Waals surface area (Å²) < 4.78 is 0. The highest BCUT2D eigenvalue weighted by Gasteiger charge is 1.93. The highest BCUT2D eigenvalue weighted by Crippen LogP contribution is 2.05. The Bertz CT molecular complexity index is 228. The maximum absolute atomic E-state index is 10.0. The van der Waals surface area contributed by atoms with Crippen LogP contribution in [0.1, 0.15) is 11.1 Å². The predicted molar refractivity (Wildman–Crippen MR) is 40.6 cm³/mol. The lowest BCUT2D eigenvalue weighted by atomic mass is 10.1. The van der Waals surface area contributed by atoms with Gasteiger partial charge in [0, 0.05) is 6.42 Å². The van der Waals surface area contributed by atoms with Crippen molar-refractivity contribution >= 4 is 6.29 Å². The normalized spacial score (nSPS) is 9.30. The molecule has 0 aliphatic rings. The zero-order chi connectivity index (χ0) is 7.40. The van der Waals surface area contributed by atoms with E-state index in [1.54, 1.807) is 0 Å². The van der Waals surface area contributed by atoms with Crippen LogP contribution in [0.5, 0.6) is 0 Å². The zero-order valence-electron chi connectivity index (χ0n) is 5.92. The number of carbonyl (C=O) groups excluding carboxylic acids is 1. The van der Waals surface area contributed by atoms with Crippen molar-refractivity contribution in [3.05, 3.63) is 35.4 Å². The molecule has 0 heterocycles. The standard InChI is InChI=1S/C9H9O/c1-8-4-2-3-5-9(8)6-7-10/h2-5H,6H2,1H3. The van der Waals surface area contributed by atoms with Crippen molar-refractivity contribution < 1.29 is 4.79 Å². The molecule has 10 heavy (non-hydrogen) atoms. The van der Waals surface area contributed by atoms with Crippen molar-refractivity contribution in [2.24, 2.45) is 0 Å². The second-order valence-corrected chi connectivity index (χ2v) is 2.25. The van der Waals surface area contributed by atoms with Gasteiger partial charge in [0.25, 0.3) is 0 Å². The molecule has 0 N–H and O–H groups in total. The fourth-order valence-electron chi connectivity index (χ4n) is 0.886. The van der Waals surface area contributed by atoms with Gasteiger partial charge in [-0.3, -0.25) is 4.79 Å². The molecule has 1 radical (unpaired) electrons. The molecule has 0 unspecified atom stereocenters. The Morgan fingerprint density at radius 2 is 2.10 bits per heavy atom. The lowest BCUT2D eigenvalue weighted by molar-refractivity contribution is 0.555. The van der Waals surface area contributed by atoms with E-state index in [1.807, 2.05) is 37.5 Å². The van der Waals surface area contributed by atoms with E-state index in [0.29, 0.717) is 6.42 Å². The third-order valence-electron chi connectivity index (χ3n) is 1.52. The van der Waals surface area contributed by atoms with E-state index in [4.69, 9.17) is 0 Å². The third kappa shape index (κ3) is 1.44. The summed E-state index contributed by atoms with van der Waals surface area (Å²) in [4.78, 5) is 10.0. The number of hydrogen-bond acceptors (Lipinski definition) is 1. The quantitative estimate of drug-likeness (QED) is 0.599. The summed E-state index contributed by atoms with van der Waals surface area (Å²) in [5.41, 5.74) is 2.23. The van der Waals surface area contributed by atoms with Gasteiger partial charge in [0.05, 0.1) is 0 Å². The molecule has 1 nitrogen and oxygen atoms in total. The molecule has 0 aromatic heterocycles. The van der Waals surface area contributed by atoms with E-state index >= 15 is 0 Å². The molecule has 0 spiro atoms. The molecule has 1 heteroatoms. The third-order valence-corrected chi connectivity index (χ3v) is 1.52. The SMILES string of the molecule is Cc1ccccc1C[C]=O. The van der Waals surface area contributed by atoms with Crippen LogP contribution in [0.2, 0.25) is 0 Å². The van der Waals surface area contributed by atoms with Crippen molar-refractivity contribution in [2.75, 3.05) is 0 Å². The topological polar surface area (TPSA) is 17.1 Å². The predicted octanol–water partition coefficient (Wildman–Crippen LogP) is 1.65. The first kappa shape index (κ1) is 7.00. The van der Waals surface area contributed by atoms with Gasteiger partial charge in [0.1, 0.15) is 0 Å². The minimum absolute atomic E-state index is 0.409. The highest BCUT2D eigenvalue weighted by molar-refractivity contribution is 5.56. The van der Waals surface area contributed by atoms with Crippen LogP contribution in [0.3, 0.4) is 0 Å². The number of rotatable bonds is 2. The van der Waals surface area contributed by atoms with Crippen molar-refractivity contribution in [3.63, 3.8) is 0 Å². The first-order valence-corrected chi connectivity index (χ1v) is 3.24. The fourth-order valence-corrected chi connectivity index (χ4v) is 0.886. The van der Waals surface area contributed by atoms with Gasteiger partial charge in [-0.1, -0.05) is 24.3 Å². The van der Waals surface area contributed by atoms with Gasteiger partial charge in [0.2, 0.25) is 6.29 Å². The molecule has 0 saturated heterocycles. The highest BCUT2D eigenvalue weighted by atomic mass is 16.1. The van der Waals surface area contributed by atoms with E-state index in [9.17, 15) is 4.79 Å². The van der Waals surface area contributed by atoms with Crippen molar-refractivity contribution in [1.29, 1.82) is 0 Å². The van der Waals surface area contributed by atoms with Crippen LogP contribution in [-0.2, 0) is 11.2 Å². The van der Waals surface area contributed by atoms with Crippen LogP contribution in [0.4, 0.5) is 0 Å². The van der Waals surface area contributed by atoms with Crippen LogP contribution in [0, 0.1) is 6.92 Å². The van der Waals surface area contributed by atoms with E-state index < -0.39 is 0 Å². The number of aryl methyl sites for hydroxylation is 1. The molecule has 0 aliphatic carbocycles. The van der Waals surface area contributed by atoms with Gasteiger partial charge in [-0.05, 0) is 18.1 Å². The van der Waals surface area contributed by atoms with Crippen molar-refractivity contribution in [2.45, 2.75) is 13.3 Å². The van der Waals surface area contributed by atoms with Crippen LogP contribution >= 0.6 is 0 Å². The smallest absolute Gasteiger partial charge is 0.203 e. The Hall–Kier alpha value is -1.11. The molecular weight excluding hydrogens is 124 g/mol. The lowest BCUT2D eigenvalue weighted by Crippen LogP contribution is -1.88. The Morgan fingerprint density at radius 1 is 1.40 bits per heavy atom. The maximum atomic E-state index is 10.0. The van der Waals surface area contributed by atoms with E-state index in [1.165, 1.54) is 0 Å². The van der Waals surface area contributed by atoms with Gasteiger partial charge >= 0.3 is 0 Å². The first-order valence-electron chi connectivity index (χ1n) is 3.24. The Labute approximate surface area is 60.7 Å². The van der Waals surface area contributed by atoms with Gasteiger partial charge in [-0.15, -0.1) is 0 Å². The molecule has 0 atom stereocenters. The molecule has 0 saturated carbocycles. The summed E-state index contributed by atoms with van der Waals surface area (Å²) in [6.07, 6.45) is 2.28. The Morgan fingerprint density at radius 3 is 2.70 bits per heavy atom. The summed E-state index contributed by atoms with van der Waals surface area (Å²) in [5.74, 6) is 0. The minimum Gasteiger partial charge on any atom is -0.291 e. The number of hydrogen-bond donors (Lipinski definition) is 0. The van der Waals surface area contributed by atoms with Crippen LogP contribution < -0.4 is 0 Å². The minimum atomic E-state index is 0.409. The molecule has 1 rings (SSSR count). The second kappa shape index (κ2) is 3.16. The molecule has 1 aromatic carbocycles. The first-order chi connectivity index (χ1) is 4.84. The van der Waals surface area contributed by atoms with Gasteiger partial charge in [-0.25, -0.2) is 0 Å². The largest absolute Gasteiger partial charge is 0.291 e. The van der Waals surface area contributed by atoms with E-state index in [0.717, 1.165) is 11.1 Å². The van der Waals surface area contributed by atoms with Crippen molar-refractivity contribution in [1.82, 2.24) is 0 Å². The monoisotopic (exact) mass is 133 g/mol. The summed E-state index contributed by atoms with van der Waals surface area (Å²) >= 11 is 0. The average Bonchev–Trinajstić information content (AvgIpc) is 1.94. The maximum Gasteiger partial charge on any atom is 0.203 e. The van der Waals surface area contributed by atoms with Gasteiger partial charge < -0.3 is 0 Å². The lowest BCUT2D eigenvalue weighted by Gasteiger charge is -1.97. The van der Waals surface area contributed by atoms with Crippen LogP contribution in [0.25, 0.3) is 0 Å². The summed E-state index contributed by atoms with van der Waals surface area (Å²) in [6.45, 7) is 1.99. The van der Waals surface area contributed by atoms with Gasteiger partial charge in [-0.2, -0.15) is 0 Å². The molecule has 51 valence electrons. The molecular formula is C9H9O. The fraction of sp³-hybridized carbons (Fsp3) is 0.222. The van der Waals surface area contributed by atoms with Crippen LogP contribution in [-0.4, -0.2) is 6.29 Å². The summed E-state index contributed by atoms with van der Waals surface area (Å²) in [6, 6.07) is 7.83. The molecule has 0 fully saturated rings. The average molecular weight is 133 g/mol. The molecule has 1 aromatic rings. The van der Waals surface area contributed by atoms with Crippen molar-refractivity contribution in [3.8, 4) is 0 Å². The second-order valence-electron chi connectivity index (χ2n) is 2.25. The molecule has 0 amide bonds. The Balaban J connectivity index is 2.91. The Kier molecular flexibility index (Phi) is 2.21. The van der Waals surface area contributed by atoms with E-state index in [-0.39, 0.29) is 0 Å². The van der Waals surface area contributed by atoms with E-state index in [2.05, 4.69) is 0 Å². The molecule has 0 bridgehead atoms. The van der Waals surface area contributed by atoms with Crippen LogP contribution in [0.15, 0.2) is 24.3 Å². The number of benzene rings is 1. The van der Waals surface area contributed by atoms with Gasteiger partial charge in [0.15, 0.2) is 0 Å². The zero-order valence-corrected chi connectivity index (χ0v) is 5.92. The summed E-state index contributed by atoms with van der Waals surface area (Å²) in [5, 5.41) is 0. The molecule has 0 aliphatic heterocycles.